The monoisotopic (exact) mass is 395 g/mol. The molecule has 2 aromatic rings. The second kappa shape index (κ2) is 8.10. The Bertz CT molecular complexity index is 814. The lowest BCUT2D eigenvalue weighted by molar-refractivity contribution is 0.0737. The fourth-order valence-corrected chi connectivity index (χ4v) is 5.14. The van der Waals surface area contributed by atoms with Crippen LogP contribution in [0.2, 0.25) is 0 Å². The van der Waals surface area contributed by atoms with Crippen LogP contribution < -0.4 is 15.1 Å². The number of rotatable bonds is 4. The molecule has 5 rings (SSSR count). The van der Waals surface area contributed by atoms with E-state index in [1.54, 1.807) is 24.9 Å². The van der Waals surface area contributed by atoms with Gasteiger partial charge in [-0.15, -0.1) is 0 Å². The van der Waals surface area contributed by atoms with Gasteiger partial charge >= 0.3 is 0 Å². The minimum absolute atomic E-state index is 0.0159. The molecule has 1 saturated carbocycles. The molecule has 8 nitrogen and oxygen atoms in total. The van der Waals surface area contributed by atoms with Crippen molar-refractivity contribution in [2.24, 2.45) is 11.8 Å². The van der Waals surface area contributed by atoms with E-state index in [4.69, 9.17) is 0 Å². The molecular formula is C21H29N7O. The van der Waals surface area contributed by atoms with Crippen LogP contribution in [0.4, 0.5) is 17.5 Å². The Hall–Kier alpha value is -2.48. The number of nitrogens with zero attached hydrogens (tertiary/aromatic N) is 6. The molecule has 0 radical (unpaired) electrons. The standard InChI is InChI=1S/C21H29N7O/c29-18-9-16-13-28(12-15(16)8-17(18)26-19-11-22-4-5-23-19)21-10-20(24-14-25-21)27-6-2-1-3-7-27/h4-5,10-11,14-18,29H,1-3,6-9,12-13H2,(H,23,26)/t15-,16+,17-,18-/m1/s1. The summed E-state index contributed by atoms with van der Waals surface area (Å²) in [4.78, 5) is 22.2. The Morgan fingerprint density at radius 2 is 1.66 bits per heavy atom. The van der Waals surface area contributed by atoms with E-state index in [2.05, 4.69) is 41.1 Å². The molecule has 0 spiro atoms. The lowest BCUT2D eigenvalue weighted by Crippen LogP contribution is -2.43. The van der Waals surface area contributed by atoms with Crippen LogP contribution in [0.25, 0.3) is 0 Å². The van der Waals surface area contributed by atoms with Gasteiger partial charge in [-0.05, 0) is 43.9 Å². The zero-order valence-corrected chi connectivity index (χ0v) is 16.7. The zero-order valence-electron chi connectivity index (χ0n) is 16.7. The molecule has 4 atom stereocenters. The summed E-state index contributed by atoms with van der Waals surface area (Å²) in [6.45, 7) is 4.11. The van der Waals surface area contributed by atoms with Crippen molar-refractivity contribution in [1.82, 2.24) is 19.9 Å². The first-order chi connectivity index (χ1) is 14.3. The van der Waals surface area contributed by atoms with Crippen molar-refractivity contribution in [3.63, 3.8) is 0 Å². The van der Waals surface area contributed by atoms with E-state index in [0.29, 0.717) is 11.8 Å². The second-order valence-electron chi connectivity index (χ2n) is 8.59. The number of aromatic nitrogens is 4. The highest BCUT2D eigenvalue weighted by atomic mass is 16.3. The molecule has 3 aliphatic rings. The van der Waals surface area contributed by atoms with Gasteiger partial charge in [0.15, 0.2) is 0 Å². The lowest BCUT2D eigenvalue weighted by atomic mass is 9.77. The molecule has 2 saturated heterocycles. The van der Waals surface area contributed by atoms with Crippen LogP contribution >= 0.6 is 0 Å². The number of nitrogens with one attached hydrogen (secondary N) is 1. The molecule has 2 N–H and O–H groups in total. The highest BCUT2D eigenvalue weighted by Gasteiger charge is 2.42. The fraction of sp³-hybridized carbons (Fsp3) is 0.619. The van der Waals surface area contributed by atoms with Crippen LogP contribution in [0.3, 0.4) is 0 Å². The van der Waals surface area contributed by atoms with Gasteiger partial charge in [-0.1, -0.05) is 0 Å². The van der Waals surface area contributed by atoms with Crippen LogP contribution in [0, 0.1) is 11.8 Å². The number of fused-ring (bicyclic) bond motifs is 1. The Morgan fingerprint density at radius 3 is 2.41 bits per heavy atom. The number of aliphatic hydroxyl groups excluding tert-OH is 1. The summed E-state index contributed by atoms with van der Waals surface area (Å²) >= 11 is 0. The van der Waals surface area contributed by atoms with Crippen LogP contribution in [-0.2, 0) is 0 Å². The van der Waals surface area contributed by atoms with Gasteiger partial charge in [0.1, 0.15) is 23.8 Å². The number of anilines is 3. The highest BCUT2D eigenvalue weighted by Crippen LogP contribution is 2.39. The third-order valence-electron chi connectivity index (χ3n) is 6.68. The van der Waals surface area contributed by atoms with Crippen molar-refractivity contribution in [3.8, 4) is 0 Å². The summed E-state index contributed by atoms with van der Waals surface area (Å²) in [6.07, 6.45) is 11.9. The highest BCUT2D eigenvalue weighted by molar-refractivity contribution is 5.51. The van der Waals surface area contributed by atoms with E-state index in [-0.39, 0.29) is 12.1 Å². The van der Waals surface area contributed by atoms with Crippen molar-refractivity contribution in [1.29, 1.82) is 0 Å². The number of piperidine rings is 1. The quantitative estimate of drug-likeness (QED) is 0.812. The van der Waals surface area contributed by atoms with E-state index in [1.165, 1.54) is 19.3 Å². The largest absolute Gasteiger partial charge is 0.391 e. The van der Waals surface area contributed by atoms with Gasteiger partial charge in [-0.3, -0.25) is 4.98 Å². The average Bonchev–Trinajstić information content (AvgIpc) is 3.18. The van der Waals surface area contributed by atoms with E-state index < -0.39 is 0 Å². The maximum absolute atomic E-state index is 10.7. The summed E-state index contributed by atoms with van der Waals surface area (Å²) in [6, 6.07) is 2.16. The Kier molecular flexibility index (Phi) is 5.18. The summed E-state index contributed by atoms with van der Waals surface area (Å²) in [5.74, 6) is 3.83. The molecule has 2 aliphatic heterocycles. The molecule has 0 aromatic carbocycles. The molecule has 1 aliphatic carbocycles. The Balaban J connectivity index is 1.26. The second-order valence-corrected chi connectivity index (χ2v) is 8.59. The fourth-order valence-electron chi connectivity index (χ4n) is 5.14. The molecule has 4 heterocycles. The van der Waals surface area contributed by atoms with Gasteiger partial charge in [0.05, 0.1) is 18.3 Å². The maximum Gasteiger partial charge on any atom is 0.144 e. The summed E-state index contributed by atoms with van der Waals surface area (Å²) < 4.78 is 0. The average molecular weight is 396 g/mol. The molecule has 2 aromatic heterocycles. The Morgan fingerprint density at radius 1 is 0.897 bits per heavy atom. The van der Waals surface area contributed by atoms with E-state index >= 15 is 0 Å². The van der Waals surface area contributed by atoms with Crippen molar-refractivity contribution in [2.75, 3.05) is 41.3 Å². The van der Waals surface area contributed by atoms with Crippen molar-refractivity contribution >= 4 is 17.5 Å². The predicted molar refractivity (Wildman–Crippen MR) is 112 cm³/mol. The molecule has 3 fully saturated rings. The summed E-state index contributed by atoms with van der Waals surface area (Å²) in [5.41, 5.74) is 0. The van der Waals surface area contributed by atoms with E-state index in [1.807, 2.05) is 0 Å². The number of hydrogen-bond donors (Lipinski definition) is 2. The van der Waals surface area contributed by atoms with Crippen LogP contribution in [0.15, 0.2) is 31.0 Å². The molecule has 0 unspecified atom stereocenters. The first-order valence-electron chi connectivity index (χ1n) is 10.8. The molecule has 0 amide bonds. The van der Waals surface area contributed by atoms with Crippen molar-refractivity contribution in [3.05, 3.63) is 31.0 Å². The van der Waals surface area contributed by atoms with Crippen molar-refractivity contribution < 1.29 is 5.11 Å². The number of aliphatic hydroxyl groups is 1. The molecule has 154 valence electrons. The normalized spacial score (nSPS) is 29.6. The minimum atomic E-state index is -0.368. The van der Waals surface area contributed by atoms with Crippen LogP contribution in [0.1, 0.15) is 32.1 Å². The van der Waals surface area contributed by atoms with Gasteiger partial charge < -0.3 is 20.2 Å². The summed E-state index contributed by atoms with van der Waals surface area (Å²) in [7, 11) is 0. The SMILES string of the molecule is O[C@@H]1C[C@H]2CN(c3cc(N4CCCCC4)ncn3)C[C@H]2C[C@H]1Nc1cnccn1. The first kappa shape index (κ1) is 18.5. The lowest BCUT2D eigenvalue weighted by Gasteiger charge is -2.35. The van der Waals surface area contributed by atoms with Crippen LogP contribution in [0.5, 0.6) is 0 Å². The van der Waals surface area contributed by atoms with Gasteiger partial charge in [-0.2, -0.15) is 0 Å². The topological polar surface area (TPSA) is 90.3 Å². The molecule has 29 heavy (non-hydrogen) atoms. The molecule has 8 heteroatoms. The van der Waals surface area contributed by atoms with E-state index in [9.17, 15) is 5.11 Å². The first-order valence-corrected chi connectivity index (χ1v) is 10.8. The predicted octanol–water partition coefficient (Wildman–Crippen LogP) is 1.94. The van der Waals surface area contributed by atoms with Gasteiger partial charge in [0.2, 0.25) is 0 Å². The minimum Gasteiger partial charge on any atom is -0.391 e. The summed E-state index contributed by atoms with van der Waals surface area (Å²) in [5, 5.41) is 14.1. The molecular weight excluding hydrogens is 366 g/mol. The zero-order chi connectivity index (χ0) is 19.6. The van der Waals surface area contributed by atoms with E-state index in [0.717, 1.165) is 56.5 Å². The van der Waals surface area contributed by atoms with Gasteiger partial charge in [0.25, 0.3) is 0 Å². The number of hydrogen-bond acceptors (Lipinski definition) is 8. The van der Waals surface area contributed by atoms with Gasteiger partial charge in [-0.25, -0.2) is 15.0 Å². The maximum atomic E-state index is 10.7. The third-order valence-corrected chi connectivity index (χ3v) is 6.68. The Labute approximate surface area is 171 Å². The molecule has 0 bridgehead atoms. The van der Waals surface area contributed by atoms with Crippen LogP contribution in [-0.4, -0.2) is 63.4 Å². The smallest absolute Gasteiger partial charge is 0.144 e. The van der Waals surface area contributed by atoms with Gasteiger partial charge in [0, 0.05) is 44.6 Å². The third kappa shape index (κ3) is 3.99. The van der Waals surface area contributed by atoms with Crippen molar-refractivity contribution in [2.45, 2.75) is 44.2 Å².